The lowest BCUT2D eigenvalue weighted by Crippen LogP contribution is -2.30. The van der Waals surface area contributed by atoms with E-state index in [1.54, 1.807) is 24.3 Å². The molecule has 0 radical (unpaired) electrons. The van der Waals surface area contributed by atoms with Crippen molar-refractivity contribution < 1.29 is 14.3 Å². The lowest BCUT2D eigenvalue weighted by atomic mass is 9.86. The lowest BCUT2D eigenvalue weighted by molar-refractivity contribution is -0.114. The van der Waals surface area contributed by atoms with Crippen LogP contribution in [-0.2, 0) is 9.59 Å². The van der Waals surface area contributed by atoms with Gasteiger partial charge in [-0.2, -0.15) is 5.26 Å². The van der Waals surface area contributed by atoms with E-state index in [0.717, 1.165) is 10.6 Å². The van der Waals surface area contributed by atoms with Gasteiger partial charge in [0.2, 0.25) is 5.91 Å². The van der Waals surface area contributed by atoms with Gasteiger partial charge in [-0.05, 0) is 61.7 Å². The molecule has 0 saturated heterocycles. The molecule has 7 nitrogen and oxygen atoms in total. The minimum Gasteiger partial charge on any atom is -0.494 e. The van der Waals surface area contributed by atoms with Crippen LogP contribution in [0.5, 0.6) is 5.75 Å². The van der Waals surface area contributed by atoms with Crippen molar-refractivity contribution in [1.82, 2.24) is 5.32 Å². The molecular weight excluding hydrogens is 504 g/mol. The topological polar surface area (TPSA) is 103 Å². The van der Waals surface area contributed by atoms with Crippen LogP contribution < -0.4 is 20.7 Å². The molecule has 0 aliphatic carbocycles. The normalized spacial score (nSPS) is 15.0. The van der Waals surface area contributed by atoms with Gasteiger partial charge in [-0.3, -0.25) is 9.59 Å². The molecule has 1 aliphatic rings. The molecular formula is C28H26N4O3S2. The van der Waals surface area contributed by atoms with Crippen molar-refractivity contribution in [1.29, 1.82) is 5.26 Å². The van der Waals surface area contributed by atoms with Crippen LogP contribution >= 0.6 is 23.1 Å². The first-order valence-electron chi connectivity index (χ1n) is 11.7. The van der Waals surface area contributed by atoms with Gasteiger partial charge in [0, 0.05) is 27.5 Å². The Morgan fingerprint density at radius 1 is 1.05 bits per heavy atom. The Kier molecular flexibility index (Phi) is 8.67. The summed E-state index contributed by atoms with van der Waals surface area (Å²) in [5.41, 5.74) is 2.86. The summed E-state index contributed by atoms with van der Waals surface area (Å²) in [5, 5.41) is 21.7. The molecule has 0 fully saturated rings. The molecule has 9 heteroatoms. The van der Waals surface area contributed by atoms with Crippen LogP contribution in [0.4, 0.5) is 11.4 Å². The van der Waals surface area contributed by atoms with Crippen LogP contribution in [-0.4, -0.2) is 24.2 Å². The van der Waals surface area contributed by atoms with Crippen molar-refractivity contribution in [3.05, 3.63) is 98.9 Å². The zero-order valence-electron chi connectivity index (χ0n) is 20.4. The monoisotopic (exact) mass is 530 g/mol. The summed E-state index contributed by atoms with van der Waals surface area (Å²) in [6, 6.07) is 22.5. The lowest BCUT2D eigenvalue weighted by Gasteiger charge is -2.29. The molecule has 1 aliphatic heterocycles. The molecule has 1 unspecified atom stereocenters. The number of para-hydroxylation sites is 1. The third-order valence-corrected chi connectivity index (χ3v) is 7.50. The van der Waals surface area contributed by atoms with E-state index in [0.29, 0.717) is 39.9 Å². The SMILES string of the molecule is CCOc1ccc(NC(=O)CSC2=C(C#N)C(c3cccs3)C(C(=O)Nc3ccccc3)=C(C)N2)cc1. The highest BCUT2D eigenvalue weighted by molar-refractivity contribution is 8.03. The molecule has 0 bridgehead atoms. The van der Waals surface area contributed by atoms with Crippen LogP contribution in [0, 0.1) is 11.3 Å². The Morgan fingerprint density at radius 2 is 1.78 bits per heavy atom. The number of amides is 2. The van der Waals surface area contributed by atoms with Gasteiger partial charge < -0.3 is 20.7 Å². The number of hydrogen-bond donors (Lipinski definition) is 3. The molecule has 2 aromatic carbocycles. The van der Waals surface area contributed by atoms with E-state index >= 15 is 0 Å². The highest BCUT2D eigenvalue weighted by Crippen LogP contribution is 2.42. The van der Waals surface area contributed by atoms with E-state index in [1.165, 1.54) is 23.1 Å². The summed E-state index contributed by atoms with van der Waals surface area (Å²) in [6.45, 7) is 4.30. The fraction of sp³-hybridized carbons (Fsp3) is 0.179. The highest BCUT2D eigenvalue weighted by atomic mass is 32.2. The average molecular weight is 531 g/mol. The van der Waals surface area contributed by atoms with Gasteiger partial charge >= 0.3 is 0 Å². The zero-order valence-corrected chi connectivity index (χ0v) is 22.0. The number of carbonyl (C=O) groups is 2. The summed E-state index contributed by atoms with van der Waals surface area (Å²) < 4.78 is 5.43. The minimum atomic E-state index is -0.536. The number of ether oxygens (including phenoxy) is 1. The number of nitrogens with one attached hydrogen (secondary N) is 3. The highest BCUT2D eigenvalue weighted by Gasteiger charge is 2.35. The largest absolute Gasteiger partial charge is 0.494 e. The number of hydrogen-bond acceptors (Lipinski definition) is 7. The first kappa shape index (κ1) is 26.1. The summed E-state index contributed by atoms with van der Waals surface area (Å²) in [6.07, 6.45) is 0. The molecule has 0 spiro atoms. The van der Waals surface area contributed by atoms with E-state index in [2.05, 4.69) is 22.0 Å². The second kappa shape index (κ2) is 12.3. The number of nitrogens with zero attached hydrogens (tertiary/aromatic N) is 1. The van der Waals surface area contributed by atoms with Crippen LogP contribution in [0.1, 0.15) is 24.6 Å². The molecule has 188 valence electrons. The zero-order chi connectivity index (χ0) is 26.2. The van der Waals surface area contributed by atoms with Gasteiger partial charge in [-0.15, -0.1) is 11.3 Å². The quantitative estimate of drug-likeness (QED) is 0.321. The van der Waals surface area contributed by atoms with Crippen molar-refractivity contribution in [2.24, 2.45) is 0 Å². The maximum absolute atomic E-state index is 13.4. The molecule has 0 saturated carbocycles. The van der Waals surface area contributed by atoms with Crippen molar-refractivity contribution in [3.63, 3.8) is 0 Å². The molecule has 2 amide bonds. The maximum atomic E-state index is 13.4. The number of carbonyl (C=O) groups excluding carboxylic acids is 2. The van der Waals surface area contributed by atoms with Gasteiger partial charge in [-0.25, -0.2) is 0 Å². The Morgan fingerprint density at radius 3 is 2.43 bits per heavy atom. The van der Waals surface area contributed by atoms with E-state index in [-0.39, 0.29) is 17.6 Å². The Hall–Kier alpha value is -4.00. The van der Waals surface area contributed by atoms with E-state index in [9.17, 15) is 14.9 Å². The first-order valence-corrected chi connectivity index (χ1v) is 13.5. The third kappa shape index (κ3) is 6.42. The number of anilines is 2. The summed E-state index contributed by atoms with van der Waals surface area (Å²) in [4.78, 5) is 26.9. The number of dihydropyridines is 1. The minimum absolute atomic E-state index is 0.0940. The van der Waals surface area contributed by atoms with Gasteiger partial charge in [0.1, 0.15) is 5.75 Å². The molecule has 2 heterocycles. The standard InChI is InChI=1S/C28H26N4O3S2/c1-3-35-21-13-11-20(12-14-21)31-24(33)17-37-28-22(16-29)26(23-10-7-15-36-23)25(18(2)30-28)27(34)32-19-8-5-4-6-9-19/h4-15,26,30H,3,17H2,1-2H3,(H,31,33)(H,32,34). The second-order valence-electron chi connectivity index (χ2n) is 8.08. The number of nitriles is 1. The third-order valence-electron chi connectivity index (χ3n) is 5.55. The van der Waals surface area contributed by atoms with Gasteiger partial charge in [0.15, 0.2) is 0 Å². The van der Waals surface area contributed by atoms with E-state index < -0.39 is 5.92 Å². The van der Waals surface area contributed by atoms with Gasteiger partial charge in [-0.1, -0.05) is 36.0 Å². The number of thiophene rings is 1. The fourth-order valence-electron chi connectivity index (χ4n) is 3.92. The van der Waals surface area contributed by atoms with Crippen LogP contribution in [0.2, 0.25) is 0 Å². The van der Waals surface area contributed by atoms with Crippen LogP contribution in [0.15, 0.2) is 94.0 Å². The van der Waals surface area contributed by atoms with Crippen molar-refractivity contribution in [2.75, 3.05) is 23.0 Å². The Labute approximate surface area is 224 Å². The van der Waals surface area contributed by atoms with E-state index in [4.69, 9.17) is 4.74 Å². The van der Waals surface area contributed by atoms with Crippen molar-refractivity contribution >= 4 is 46.3 Å². The predicted molar refractivity (Wildman–Crippen MR) is 149 cm³/mol. The average Bonchev–Trinajstić information content (AvgIpc) is 3.43. The fourth-order valence-corrected chi connectivity index (χ4v) is 5.66. The summed E-state index contributed by atoms with van der Waals surface area (Å²) >= 11 is 2.72. The van der Waals surface area contributed by atoms with E-state index in [1.807, 2.05) is 61.7 Å². The maximum Gasteiger partial charge on any atom is 0.254 e. The molecule has 3 aromatic rings. The smallest absolute Gasteiger partial charge is 0.254 e. The molecule has 1 atom stereocenters. The Bertz CT molecular complexity index is 1360. The van der Waals surface area contributed by atoms with Gasteiger partial charge in [0.05, 0.1) is 34.9 Å². The number of rotatable bonds is 9. The number of allylic oxidation sites excluding steroid dienone is 2. The van der Waals surface area contributed by atoms with Crippen LogP contribution in [0.25, 0.3) is 0 Å². The number of thioether (sulfide) groups is 1. The van der Waals surface area contributed by atoms with Crippen LogP contribution in [0.3, 0.4) is 0 Å². The molecule has 37 heavy (non-hydrogen) atoms. The first-order chi connectivity index (χ1) is 18.0. The number of benzene rings is 2. The summed E-state index contributed by atoms with van der Waals surface area (Å²) in [5.74, 6) is -0.190. The summed E-state index contributed by atoms with van der Waals surface area (Å²) in [7, 11) is 0. The predicted octanol–water partition coefficient (Wildman–Crippen LogP) is 5.85. The molecule has 4 rings (SSSR count). The van der Waals surface area contributed by atoms with Crippen molar-refractivity contribution in [3.8, 4) is 11.8 Å². The van der Waals surface area contributed by atoms with Crippen molar-refractivity contribution in [2.45, 2.75) is 19.8 Å². The second-order valence-corrected chi connectivity index (χ2v) is 10.0. The molecule has 3 N–H and O–H groups in total. The van der Waals surface area contributed by atoms with Gasteiger partial charge in [0.25, 0.3) is 5.91 Å². The Balaban J connectivity index is 1.52. The molecule has 1 aromatic heterocycles.